The number of ether oxygens (including phenoxy) is 1. The molecule has 0 aromatic heterocycles. The third-order valence-corrected chi connectivity index (χ3v) is 7.14. The molecule has 1 saturated carbocycles. The summed E-state index contributed by atoms with van der Waals surface area (Å²) in [6.45, 7) is 1.93. The maximum atomic E-state index is 13.3. The maximum Gasteiger partial charge on any atom is 0.416 e. The molecule has 1 aromatic rings. The van der Waals surface area contributed by atoms with Crippen molar-refractivity contribution in [3.8, 4) is 0 Å². The van der Waals surface area contributed by atoms with E-state index in [4.69, 9.17) is 4.74 Å². The minimum atomic E-state index is -4.92. The molecule has 0 radical (unpaired) electrons. The molecule has 3 aliphatic rings. The second-order valence-corrected chi connectivity index (χ2v) is 9.90. The summed E-state index contributed by atoms with van der Waals surface area (Å²) in [7, 11) is 0. The first-order valence-corrected chi connectivity index (χ1v) is 12.2. The number of benzene rings is 1. The van der Waals surface area contributed by atoms with Crippen LogP contribution >= 0.6 is 0 Å². The molecule has 2 fully saturated rings. The van der Waals surface area contributed by atoms with Gasteiger partial charge in [-0.1, -0.05) is 24.3 Å². The minimum Gasteiger partial charge on any atom is -0.372 e. The van der Waals surface area contributed by atoms with Crippen molar-refractivity contribution in [2.45, 2.75) is 63.1 Å². The zero-order chi connectivity index (χ0) is 26.1. The van der Waals surface area contributed by atoms with Crippen molar-refractivity contribution in [1.82, 2.24) is 10.6 Å². The van der Waals surface area contributed by atoms with Gasteiger partial charge in [-0.15, -0.1) is 0 Å². The Hall–Kier alpha value is -2.33. The summed E-state index contributed by atoms with van der Waals surface area (Å²) in [6, 6.07) is 1.51. The number of nitrogens with one attached hydrogen (secondary N) is 2. The van der Waals surface area contributed by atoms with Gasteiger partial charge >= 0.3 is 12.4 Å². The molecule has 5 atom stereocenters. The van der Waals surface area contributed by atoms with Gasteiger partial charge in [0, 0.05) is 24.5 Å². The summed E-state index contributed by atoms with van der Waals surface area (Å²) in [5.74, 6) is -0.0331. The number of halogens is 6. The molecule has 1 heterocycles. The SMILES string of the molecule is C[C@@H](OC[C@H]1NCC(C(=O)NC2CC2)CCC2C=CC=CC21)c1cc(C(F)(F)F)cc(C(F)(F)F)c1. The zero-order valence-electron chi connectivity index (χ0n) is 19.8. The smallest absolute Gasteiger partial charge is 0.372 e. The molecule has 198 valence electrons. The Morgan fingerprint density at radius 3 is 2.25 bits per heavy atom. The number of amides is 1. The lowest BCUT2D eigenvalue weighted by Crippen LogP contribution is -2.49. The van der Waals surface area contributed by atoms with Crippen molar-refractivity contribution in [2.75, 3.05) is 13.2 Å². The number of hydrogen-bond acceptors (Lipinski definition) is 3. The first-order chi connectivity index (χ1) is 16.9. The van der Waals surface area contributed by atoms with Crippen LogP contribution in [-0.2, 0) is 21.9 Å². The molecule has 4 rings (SSSR count). The second kappa shape index (κ2) is 10.6. The first kappa shape index (κ1) is 26.7. The number of alkyl halides is 6. The predicted octanol–water partition coefficient (Wildman–Crippen LogP) is 5.81. The van der Waals surface area contributed by atoms with E-state index < -0.39 is 29.6 Å². The van der Waals surface area contributed by atoms with Gasteiger partial charge in [0.15, 0.2) is 0 Å². The van der Waals surface area contributed by atoms with Crippen LogP contribution in [0.15, 0.2) is 42.5 Å². The average Bonchev–Trinajstić information content (AvgIpc) is 3.61. The van der Waals surface area contributed by atoms with Crippen molar-refractivity contribution in [3.05, 3.63) is 59.2 Å². The number of carbonyl (C=O) groups is 1. The van der Waals surface area contributed by atoms with Gasteiger partial charge in [-0.25, -0.2) is 0 Å². The quantitative estimate of drug-likeness (QED) is 0.470. The molecular formula is C26H30F6N2O2. The van der Waals surface area contributed by atoms with Crippen molar-refractivity contribution < 1.29 is 35.9 Å². The number of hydrogen-bond donors (Lipinski definition) is 2. The molecule has 1 saturated heterocycles. The summed E-state index contributed by atoms with van der Waals surface area (Å²) in [5.41, 5.74) is -2.92. The van der Waals surface area contributed by atoms with Gasteiger partial charge in [0.1, 0.15) is 0 Å². The lowest BCUT2D eigenvalue weighted by atomic mass is 9.77. The normalized spacial score (nSPS) is 27.6. The van der Waals surface area contributed by atoms with Gasteiger partial charge in [-0.3, -0.25) is 4.79 Å². The number of rotatable bonds is 6. The largest absolute Gasteiger partial charge is 0.416 e. The summed E-state index contributed by atoms with van der Waals surface area (Å²) >= 11 is 0. The summed E-state index contributed by atoms with van der Waals surface area (Å²) in [5, 5.41) is 6.43. The lowest BCUT2D eigenvalue weighted by Gasteiger charge is -2.37. The Balaban J connectivity index is 1.48. The molecule has 1 aliphatic heterocycles. The Bertz CT molecular complexity index is 967. The highest BCUT2D eigenvalue weighted by molar-refractivity contribution is 5.79. The molecule has 1 amide bonds. The fourth-order valence-corrected chi connectivity index (χ4v) is 4.82. The predicted molar refractivity (Wildman–Crippen MR) is 122 cm³/mol. The van der Waals surface area contributed by atoms with Gasteiger partial charge in [0.25, 0.3) is 0 Å². The Kier molecular flexibility index (Phi) is 7.85. The van der Waals surface area contributed by atoms with Crippen LogP contribution in [0, 0.1) is 17.8 Å². The second-order valence-electron chi connectivity index (χ2n) is 9.90. The zero-order valence-corrected chi connectivity index (χ0v) is 19.8. The lowest BCUT2D eigenvalue weighted by molar-refractivity contribution is -0.143. The number of allylic oxidation sites excluding steroid dienone is 3. The van der Waals surface area contributed by atoms with Gasteiger partial charge < -0.3 is 15.4 Å². The highest BCUT2D eigenvalue weighted by Gasteiger charge is 2.38. The minimum absolute atomic E-state index is 0.00969. The van der Waals surface area contributed by atoms with E-state index in [0.717, 1.165) is 25.7 Å². The molecule has 36 heavy (non-hydrogen) atoms. The van der Waals surface area contributed by atoms with E-state index in [-0.39, 0.29) is 54.0 Å². The fraction of sp³-hybridized carbons (Fsp3) is 0.577. The first-order valence-electron chi connectivity index (χ1n) is 12.2. The Morgan fingerprint density at radius 1 is 1.00 bits per heavy atom. The highest BCUT2D eigenvalue weighted by Crippen LogP contribution is 2.38. The van der Waals surface area contributed by atoms with Gasteiger partial charge in [-0.05, 0) is 62.3 Å². The van der Waals surface area contributed by atoms with Crippen LogP contribution in [0.2, 0.25) is 0 Å². The molecule has 10 heteroatoms. The Labute approximate surface area is 206 Å². The van der Waals surface area contributed by atoms with Gasteiger partial charge in [0.05, 0.1) is 29.8 Å². The molecule has 0 spiro atoms. The maximum absolute atomic E-state index is 13.3. The molecule has 3 unspecified atom stereocenters. The van der Waals surface area contributed by atoms with Crippen LogP contribution in [0.25, 0.3) is 0 Å². The third kappa shape index (κ3) is 6.70. The molecule has 2 N–H and O–H groups in total. The van der Waals surface area contributed by atoms with E-state index >= 15 is 0 Å². The fourth-order valence-electron chi connectivity index (χ4n) is 4.82. The van der Waals surface area contributed by atoms with Crippen molar-refractivity contribution >= 4 is 5.91 Å². The standard InChI is InChI=1S/C26H30F6N2O2/c1-15(18-10-19(25(27,28)29)12-20(11-18)26(30,31)32)36-14-23-22-5-3-2-4-16(22)6-7-17(13-33-23)24(35)34-21-8-9-21/h2-5,10-12,15-17,21-23,33H,6-9,13-14H2,1H3,(H,34,35)/t15-,16?,17?,22?,23-/m1/s1. The van der Waals surface area contributed by atoms with Crippen molar-refractivity contribution in [3.63, 3.8) is 0 Å². The van der Waals surface area contributed by atoms with Crippen molar-refractivity contribution in [2.24, 2.45) is 17.8 Å². The average molecular weight is 517 g/mol. The van der Waals surface area contributed by atoms with Crippen LogP contribution in [-0.4, -0.2) is 31.1 Å². The molecular weight excluding hydrogens is 486 g/mol. The molecule has 4 nitrogen and oxygen atoms in total. The number of carbonyl (C=O) groups excluding carboxylic acids is 1. The van der Waals surface area contributed by atoms with E-state index in [9.17, 15) is 31.1 Å². The summed E-state index contributed by atoms with van der Waals surface area (Å²) in [4.78, 5) is 12.7. The van der Waals surface area contributed by atoms with Gasteiger partial charge in [-0.2, -0.15) is 26.3 Å². The molecule has 2 aliphatic carbocycles. The summed E-state index contributed by atoms with van der Waals surface area (Å²) < 4.78 is 85.5. The van der Waals surface area contributed by atoms with Crippen LogP contribution in [0.3, 0.4) is 0 Å². The molecule has 0 bridgehead atoms. The van der Waals surface area contributed by atoms with E-state index in [1.807, 2.05) is 18.2 Å². The van der Waals surface area contributed by atoms with Crippen LogP contribution in [0.4, 0.5) is 26.3 Å². The topological polar surface area (TPSA) is 50.4 Å². The monoisotopic (exact) mass is 516 g/mol. The van der Waals surface area contributed by atoms with E-state index in [0.29, 0.717) is 18.7 Å². The van der Waals surface area contributed by atoms with E-state index in [1.54, 1.807) is 0 Å². The highest BCUT2D eigenvalue weighted by atomic mass is 19.4. The summed E-state index contributed by atoms with van der Waals surface area (Å²) in [6.07, 6.45) is 0.636. The van der Waals surface area contributed by atoms with E-state index in [1.165, 1.54) is 6.92 Å². The Morgan fingerprint density at radius 2 is 1.64 bits per heavy atom. The third-order valence-electron chi connectivity index (χ3n) is 7.14. The van der Waals surface area contributed by atoms with Crippen LogP contribution in [0.5, 0.6) is 0 Å². The van der Waals surface area contributed by atoms with Crippen molar-refractivity contribution in [1.29, 1.82) is 0 Å². The van der Waals surface area contributed by atoms with Crippen LogP contribution < -0.4 is 10.6 Å². The molecule has 1 aromatic carbocycles. The van der Waals surface area contributed by atoms with Gasteiger partial charge in [0.2, 0.25) is 5.91 Å². The van der Waals surface area contributed by atoms with Crippen LogP contribution in [0.1, 0.15) is 55.4 Å². The number of fused-ring (bicyclic) bond motifs is 1. The van der Waals surface area contributed by atoms with E-state index in [2.05, 4.69) is 16.7 Å².